The number of benzene rings is 1. The van der Waals surface area contributed by atoms with E-state index in [1.807, 2.05) is 41.2 Å². The molecule has 4 nitrogen and oxygen atoms in total. The monoisotopic (exact) mass is 255 g/mol. The molecule has 1 saturated carbocycles. The Labute approximate surface area is 112 Å². The Morgan fingerprint density at radius 3 is 3.00 bits per heavy atom. The number of aromatic nitrogens is 2. The van der Waals surface area contributed by atoms with Gasteiger partial charge in [0, 0.05) is 24.9 Å². The van der Waals surface area contributed by atoms with Gasteiger partial charge in [0.25, 0.3) is 0 Å². The summed E-state index contributed by atoms with van der Waals surface area (Å²) in [6.45, 7) is 2.69. The Balaban J connectivity index is 1.65. The van der Waals surface area contributed by atoms with Crippen LogP contribution >= 0.6 is 0 Å². The Hall–Kier alpha value is -2.10. The van der Waals surface area contributed by atoms with E-state index in [1.165, 1.54) is 0 Å². The van der Waals surface area contributed by atoms with Crippen LogP contribution in [0.5, 0.6) is 0 Å². The van der Waals surface area contributed by atoms with E-state index in [-0.39, 0.29) is 11.8 Å². The average Bonchev–Trinajstić information content (AvgIpc) is 2.95. The van der Waals surface area contributed by atoms with Crippen molar-refractivity contribution in [2.24, 2.45) is 11.8 Å². The normalized spacial score (nSPS) is 21.1. The fourth-order valence-corrected chi connectivity index (χ4v) is 2.24. The maximum Gasteiger partial charge on any atom is 0.223 e. The van der Waals surface area contributed by atoms with Gasteiger partial charge in [-0.1, -0.05) is 19.1 Å². The van der Waals surface area contributed by atoms with Gasteiger partial charge < -0.3 is 5.32 Å². The van der Waals surface area contributed by atoms with E-state index in [2.05, 4.69) is 17.3 Å². The molecule has 1 fully saturated rings. The van der Waals surface area contributed by atoms with Gasteiger partial charge in [0.2, 0.25) is 5.91 Å². The van der Waals surface area contributed by atoms with Crippen LogP contribution in [-0.4, -0.2) is 15.7 Å². The fourth-order valence-electron chi connectivity index (χ4n) is 2.24. The first kappa shape index (κ1) is 12.0. The van der Waals surface area contributed by atoms with Gasteiger partial charge >= 0.3 is 0 Å². The van der Waals surface area contributed by atoms with E-state index in [1.54, 1.807) is 6.20 Å². The van der Waals surface area contributed by atoms with Gasteiger partial charge in [-0.15, -0.1) is 0 Å². The van der Waals surface area contributed by atoms with Gasteiger partial charge in [-0.25, -0.2) is 4.68 Å². The maximum atomic E-state index is 11.8. The van der Waals surface area contributed by atoms with Gasteiger partial charge in [-0.3, -0.25) is 4.79 Å². The molecule has 0 radical (unpaired) electrons. The number of carbonyl (C=O) groups is 1. The lowest BCUT2D eigenvalue weighted by atomic mass is 10.2. The van der Waals surface area contributed by atoms with Gasteiger partial charge in [0.15, 0.2) is 0 Å². The molecule has 3 rings (SSSR count). The molecule has 98 valence electrons. The van der Waals surface area contributed by atoms with Crippen molar-refractivity contribution in [1.29, 1.82) is 0 Å². The summed E-state index contributed by atoms with van der Waals surface area (Å²) >= 11 is 0. The summed E-state index contributed by atoms with van der Waals surface area (Å²) in [7, 11) is 0. The molecule has 0 bridgehead atoms. The van der Waals surface area contributed by atoms with Gasteiger partial charge in [-0.2, -0.15) is 5.10 Å². The third kappa shape index (κ3) is 2.67. The summed E-state index contributed by atoms with van der Waals surface area (Å²) in [5.74, 6) is 0.960. The molecule has 1 N–H and O–H groups in total. The highest BCUT2D eigenvalue weighted by Gasteiger charge is 2.38. The van der Waals surface area contributed by atoms with Crippen molar-refractivity contribution in [3.63, 3.8) is 0 Å². The zero-order valence-electron chi connectivity index (χ0n) is 10.9. The average molecular weight is 255 g/mol. The summed E-state index contributed by atoms with van der Waals surface area (Å²) in [6, 6.07) is 9.94. The number of hydrogen-bond acceptors (Lipinski definition) is 2. The second-order valence-corrected chi connectivity index (χ2v) is 5.16. The summed E-state index contributed by atoms with van der Waals surface area (Å²) in [5.41, 5.74) is 2.10. The van der Waals surface area contributed by atoms with E-state index in [4.69, 9.17) is 0 Å². The topological polar surface area (TPSA) is 46.9 Å². The molecule has 1 amide bonds. The minimum Gasteiger partial charge on any atom is -0.352 e. The van der Waals surface area contributed by atoms with Gasteiger partial charge in [0.05, 0.1) is 5.69 Å². The van der Waals surface area contributed by atoms with Crippen LogP contribution in [0.15, 0.2) is 42.7 Å². The highest BCUT2D eigenvalue weighted by molar-refractivity contribution is 5.81. The molecule has 4 heteroatoms. The predicted molar refractivity (Wildman–Crippen MR) is 72.7 cm³/mol. The number of carbonyl (C=O) groups excluding carboxylic acids is 1. The molecule has 0 spiro atoms. The van der Waals surface area contributed by atoms with Gasteiger partial charge in [-0.05, 0) is 36.1 Å². The Bertz CT molecular complexity index is 577. The lowest BCUT2D eigenvalue weighted by Gasteiger charge is -2.07. The number of nitrogens with zero attached hydrogens (tertiary/aromatic N) is 2. The molecule has 1 aliphatic carbocycles. The van der Waals surface area contributed by atoms with Crippen molar-refractivity contribution >= 4 is 5.91 Å². The van der Waals surface area contributed by atoms with Crippen molar-refractivity contribution in [1.82, 2.24) is 15.1 Å². The van der Waals surface area contributed by atoms with Crippen LogP contribution in [0.1, 0.15) is 18.9 Å². The zero-order chi connectivity index (χ0) is 13.2. The molecule has 1 heterocycles. The van der Waals surface area contributed by atoms with E-state index >= 15 is 0 Å². The molecule has 1 aliphatic rings. The van der Waals surface area contributed by atoms with Crippen LogP contribution < -0.4 is 5.32 Å². The third-order valence-electron chi connectivity index (χ3n) is 3.59. The molecule has 2 atom stereocenters. The molecule has 1 aromatic heterocycles. The number of hydrogen-bond donors (Lipinski definition) is 1. The largest absolute Gasteiger partial charge is 0.352 e. The van der Waals surface area contributed by atoms with E-state index < -0.39 is 0 Å². The van der Waals surface area contributed by atoms with Crippen LogP contribution in [0.2, 0.25) is 0 Å². The van der Waals surface area contributed by atoms with Crippen LogP contribution in [0.3, 0.4) is 0 Å². The lowest BCUT2D eigenvalue weighted by molar-refractivity contribution is -0.122. The zero-order valence-corrected chi connectivity index (χ0v) is 10.9. The maximum absolute atomic E-state index is 11.8. The lowest BCUT2D eigenvalue weighted by Crippen LogP contribution is -2.24. The van der Waals surface area contributed by atoms with Crippen molar-refractivity contribution < 1.29 is 4.79 Å². The van der Waals surface area contributed by atoms with Crippen LogP contribution in [-0.2, 0) is 11.3 Å². The van der Waals surface area contributed by atoms with E-state index in [0.717, 1.165) is 17.7 Å². The second-order valence-electron chi connectivity index (χ2n) is 5.16. The molecule has 19 heavy (non-hydrogen) atoms. The Morgan fingerprint density at radius 2 is 2.32 bits per heavy atom. The summed E-state index contributed by atoms with van der Waals surface area (Å²) in [5, 5.41) is 7.20. The van der Waals surface area contributed by atoms with Crippen LogP contribution in [0.25, 0.3) is 5.69 Å². The number of amides is 1. The van der Waals surface area contributed by atoms with Crippen molar-refractivity contribution in [3.8, 4) is 5.69 Å². The highest BCUT2D eigenvalue weighted by atomic mass is 16.2. The van der Waals surface area contributed by atoms with Crippen molar-refractivity contribution in [2.75, 3.05) is 0 Å². The third-order valence-corrected chi connectivity index (χ3v) is 3.59. The summed E-state index contributed by atoms with van der Waals surface area (Å²) in [6.07, 6.45) is 4.69. The van der Waals surface area contributed by atoms with E-state index in [9.17, 15) is 4.79 Å². The summed E-state index contributed by atoms with van der Waals surface area (Å²) < 4.78 is 1.81. The highest BCUT2D eigenvalue weighted by Crippen LogP contribution is 2.37. The number of nitrogens with one attached hydrogen (secondary N) is 1. The molecular weight excluding hydrogens is 238 g/mol. The Morgan fingerprint density at radius 1 is 1.47 bits per heavy atom. The summed E-state index contributed by atoms with van der Waals surface area (Å²) in [4.78, 5) is 11.8. The first-order valence-corrected chi connectivity index (χ1v) is 6.61. The molecular formula is C15H17N3O. The molecule has 2 aromatic rings. The van der Waals surface area contributed by atoms with Crippen molar-refractivity contribution in [3.05, 3.63) is 48.3 Å². The van der Waals surface area contributed by atoms with E-state index in [0.29, 0.717) is 12.5 Å². The van der Waals surface area contributed by atoms with Crippen LogP contribution in [0, 0.1) is 11.8 Å². The minimum absolute atomic E-state index is 0.178. The van der Waals surface area contributed by atoms with Gasteiger partial charge in [0.1, 0.15) is 0 Å². The van der Waals surface area contributed by atoms with Crippen molar-refractivity contribution in [2.45, 2.75) is 19.9 Å². The minimum atomic E-state index is 0.178. The predicted octanol–water partition coefficient (Wildman–Crippen LogP) is 2.14. The number of rotatable bonds is 4. The molecule has 2 unspecified atom stereocenters. The molecule has 0 saturated heterocycles. The SMILES string of the molecule is CC1CC1C(=O)NCc1cccc(-n2cccn2)c1. The smallest absolute Gasteiger partial charge is 0.223 e. The standard InChI is InChI=1S/C15H17N3O/c1-11-8-14(11)15(19)16-10-12-4-2-5-13(9-12)18-7-3-6-17-18/h2-7,9,11,14H,8,10H2,1H3,(H,16,19). The quantitative estimate of drug-likeness (QED) is 0.910. The molecule has 1 aromatic carbocycles. The first-order chi connectivity index (χ1) is 9.24. The fraction of sp³-hybridized carbons (Fsp3) is 0.333. The second kappa shape index (κ2) is 4.88. The molecule has 0 aliphatic heterocycles. The first-order valence-electron chi connectivity index (χ1n) is 6.61. The van der Waals surface area contributed by atoms with Crippen LogP contribution in [0.4, 0.5) is 0 Å². The Kier molecular flexibility index (Phi) is 3.07.